The second-order valence-electron chi connectivity index (χ2n) is 4.50. The van der Waals surface area contributed by atoms with Crippen LogP contribution in [0.4, 0.5) is 14.5 Å². The number of carbonyl (C=O) groups excluding carboxylic acids is 1. The first-order valence-corrected chi connectivity index (χ1v) is 7.50. The summed E-state index contributed by atoms with van der Waals surface area (Å²) < 4.78 is 26.9. The van der Waals surface area contributed by atoms with E-state index in [-0.39, 0.29) is 12.6 Å². The molecule has 0 bridgehead atoms. The summed E-state index contributed by atoms with van der Waals surface area (Å²) in [4.78, 5) is 12.9. The highest BCUT2D eigenvalue weighted by atomic mass is 32.1. The van der Waals surface area contributed by atoms with Crippen LogP contribution in [0.25, 0.3) is 0 Å². The van der Waals surface area contributed by atoms with Crippen molar-refractivity contribution in [2.45, 2.75) is 19.4 Å². The van der Waals surface area contributed by atoms with Gasteiger partial charge in [-0.3, -0.25) is 4.79 Å². The molecule has 1 aromatic heterocycles. The average molecular weight is 310 g/mol. The lowest BCUT2D eigenvalue weighted by Gasteiger charge is -2.15. The molecule has 3 nitrogen and oxygen atoms in total. The lowest BCUT2D eigenvalue weighted by Crippen LogP contribution is -2.31. The summed E-state index contributed by atoms with van der Waals surface area (Å²) in [7, 11) is 0. The number of thiophene rings is 1. The van der Waals surface area contributed by atoms with Gasteiger partial charge in [0.25, 0.3) is 0 Å². The van der Waals surface area contributed by atoms with E-state index >= 15 is 0 Å². The Bertz CT molecular complexity index is 581. The predicted molar refractivity (Wildman–Crippen MR) is 80.3 cm³/mol. The standard InChI is InChI=1S/C15H16F2N2OS/c1-2-12(13-7-4-8-21-13)18-9-14(20)19-15-10(16)5-3-6-11(15)17/h3-8,12,18H,2,9H2,1H3,(H,19,20). The summed E-state index contributed by atoms with van der Waals surface area (Å²) in [6, 6.07) is 7.45. The molecule has 0 saturated heterocycles. The monoisotopic (exact) mass is 310 g/mol. The fourth-order valence-electron chi connectivity index (χ4n) is 1.95. The van der Waals surface area contributed by atoms with E-state index in [9.17, 15) is 13.6 Å². The van der Waals surface area contributed by atoms with Crippen molar-refractivity contribution in [2.75, 3.05) is 11.9 Å². The first kappa shape index (κ1) is 15.6. The van der Waals surface area contributed by atoms with Crippen molar-refractivity contribution in [3.63, 3.8) is 0 Å². The highest BCUT2D eigenvalue weighted by Crippen LogP contribution is 2.21. The molecule has 2 aromatic rings. The van der Waals surface area contributed by atoms with Crippen LogP contribution < -0.4 is 10.6 Å². The summed E-state index contributed by atoms with van der Waals surface area (Å²) in [6.45, 7) is 2.00. The van der Waals surface area contributed by atoms with Crippen molar-refractivity contribution < 1.29 is 13.6 Å². The Morgan fingerprint density at radius 2 is 1.95 bits per heavy atom. The maximum Gasteiger partial charge on any atom is 0.238 e. The molecule has 21 heavy (non-hydrogen) atoms. The quantitative estimate of drug-likeness (QED) is 0.854. The molecule has 0 saturated carbocycles. The van der Waals surface area contributed by atoms with Gasteiger partial charge in [0.15, 0.2) is 0 Å². The van der Waals surface area contributed by atoms with Gasteiger partial charge in [-0.2, -0.15) is 0 Å². The van der Waals surface area contributed by atoms with Crippen LogP contribution in [0.3, 0.4) is 0 Å². The zero-order valence-electron chi connectivity index (χ0n) is 11.5. The number of carbonyl (C=O) groups is 1. The molecule has 1 heterocycles. The van der Waals surface area contributed by atoms with Crippen molar-refractivity contribution in [2.24, 2.45) is 0 Å². The van der Waals surface area contributed by atoms with E-state index in [1.807, 2.05) is 24.4 Å². The number of rotatable bonds is 6. The molecule has 1 unspecified atom stereocenters. The summed E-state index contributed by atoms with van der Waals surface area (Å²) in [5.41, 5.74) is -0.409. The minimum atomic E-state index is -0.784. The molecule has 0 aliphatic heterocycles. The molecule has 6 heteroatoms. The summed E-state index contributed by atoms with van der Waals surface area (Å²) in [5, 5.41) is 7.31. The van der Waals surface area contributed by atoms with Gasteiger partial charge in [-0.15, -0.1) is 11.3 Å². The zero-order valence-corrected chi connectivity index (χ0v) is 12.3. The number of benzene rings is 1. The lowest BCUT2D eigenvalue weighted by atomic mass is 10.2. The highest BCUT2D eigenvalue weighted by Gasteiger charge is 2.14. The minimum absolute atomic E-state index is 0.00974. The third kappa shape index (κ3) is 4.09. The van der Waals surface area contributed by atoms with Gasteiger partial charge in [0.2, 0.25) is 5.91 Å². The molecule has 0 fully saturated rings. The Hall–Kier alpha value is -1.79. The smallest absolute Gasteiger partial charge is 0.238 e. The zero-order chi connectivity index (χ0) is 15.2. The largest absolute Gasteiger partial charge is 0.320 e. The second-order valence-corrected chi connectivity index (χ2v) is 5.48. The van der Waals surface area contributed by atoms with E-state index < -0.39 is 23.2 Å². The molecule has 112 valence electrons. The Labute approximate surface area is 126 Å². The lowest BCUT2D eigenvalue weighted by molar-refractivity contribution is -0.115. The Morgan fingerprint density at radius 3 is 2.52 bits per heavy atom. The molecular weight excluding hydrogens is 294 g/mol. The van der Waals surface area contributed by atoms with Gasteiger partial charge < -0.3 is 10.6 Å². The van der Waals surface area contributed by atoms with Crippen LogP contribution in [0.5, 0.6) is 0 Å². The fraction of sp³-hybridized carbons (Fsp3) is 0.267. The Morgan fingerprint density at radius 1 is 1.24 bits per heavy atom. The van der Waals surface area contributed by atoms with Crippen molar-refractivity contribution in [1.29, 1.82) is 0 Å². The van der Waals surface area contributed by atoms with Crippen molar-refractivity contribution in [3.05, 3.63) is 52.2 Å². The van der Waals surface area contributed by atoms with E-state index in [0.29, 0.717) is 0 Å². The Balaban J connectivity index is 1.93. The van der Waals surface area contributed by atoms with Crippen molar-refractivity contribution >= 4 is 22.9 Å². The number of halogens is 2. The molecule has 1 atom stereocenters. The van der Waals surface area contributed by atoms with Crippen LogP contribution in [0.1, 0.15) is 24.3 Å². The molecule has 1 amide bonds. The van der Waals surface area contributed by atoms with Crippen molar-refractivity contribution in [3.8, 4) is 0 Å². The van der Waals surface area contributed by atoms with Crippen molar-refractivity contribution in [1.82, 2.24) is 5.32 Å². The third-order valence-corrected chi connectivity index (χ3v) is 4.02. The molecule has 1 aromatic carbocycles. The van der Waals surface area contributed by atoms with Crippen LogP contribution in [0.15, 0.2) is 35.7 Å². The highest BCUT2D eigenvalue weighted by molar-refractivity contribution is 7.10. The number of nitrogens with one attached hydrogen (secondary N) is 2. The second kappa shape index (κ2) is 7.28. The van der Waals surface area contributed by atoms with Gasteiger partial charge in [-0.25, -0.2) is 8.78 Å². The van der Waals surface area contributed by atoms with Crippen LogP contribution >= 0.6 is 11.3 Å². The maximum atomic E-state index is 13.4. The summed E-state index contributed by atoms with van der Waals surface area (Å²) in [6.07, 6.45) is 0.821. The van der Waals surface area contributed by atoms with Crippen LogP contribution in [0, 0.1) is 11.6 Å². The normalized spacial score (nSPS) is 12.1. The number of anilines is 1. The van der Waals surface area contributed by atoms with E-state index in [1.165, 1.54) is 6.07 Å². The third-order valence-electron chi connectivity index (χ3n) is 3.03. The van der Waals surface area contributed by atoms with Gasteiger partial charge in [0.05, 0.1) is 6.54 Å². The summed E-state index contributed by atoms with van der Waals surface area (Å²) in [5.74, 6) is -2.05. The first-order valence-electron chi connectivity index (χ1n) is 6.62. The van der Waals surface area contributed by atoms with Crippen LogP contribution in [0.2, 0.25) is 0 Å². The van der Waals surface area contributed by atoms with Gasteiger partial charge in [-0.1, -0.05) is 19.1 Å². The Kier molecular flexibility index (Phi) is 5.41. The number of amides is 1. The molecule has 2 rings (SSSR count). The van der Waals surface area contributed by atoms with E-state index in [1.54, 1.807) is 11.3 Å². The van der Waals surface area contributed by atoms with Gasteiger partial charge >= 0.3 is 0 Å². The van der Waals surface area contributed by atoms with Crippen LogP contribution in [-0.4, -0.2) is 12.5 Å². The summed E-state index contributed by atoms with van der Waals surface area (Å²) >= 11 is 1.60. The topological polar surface area (TPSA) is 41.1 Å². The van der Waals surface area contributed by atoms with Crippen LogP contribution in [-0.2, 0) is 4.79 Å². The van der Waals surface area contributed by atoms with E-state index in [0.717, 1.165) is 23.4 Å². The molecule has 0 radical (unpaired) electrons. The minimum Gasteiger partial charge on any atom is -0.320 e. The van der Waals surface area contributed by atoms with Gasteiger partial charge in [0, 0.05) is 10.9 Å². The maximum absolute atomic E-state index is 13.4. The number of para-hydroxylation sites is 1. The molecule has 2 N–H and O–H groups in total. The van der Waals surface area contributed by atoms with Gasteiger partial charge in [0.1, 0.15) is 17.3 Å². The molecule has 0 aliphatic carbocycles. The SMILES string of the molecule is CCC(NCC(=O)Nc1c(F)cccc1F)c1cccs1. The van der Waals surface area contributed by atoms with E-state index in [4.69, 9.17) is 0 Å². The molecular formula is C15H16F2N2OS. The van der Waals surface area contributed by atoms with Gasteiger partial charge in [-0.05, 0) is 30.0 Å². The molecule has 0 spiro atoms. The number of hydrogen-bond donors (Lipinski definition) is 2. The number of hydrogen-bond acceptors (Lipinski definition) is 3. The molecule has 0 aliphatic rings. The average Bonchev–Trinajstić information content (AvgIpc) is 2.98. The first-order chi connectivity index (χ1) is 10.1. The predicted octanol–water partition coefficient (Wildman–Crippen LogP) is 3.71. The van der Waals surface area contributed by atoms with E-state index in [2.05, 4.69) is 10.6 Å². The fourth-order valence-corrected chi connectivity index (χ4v) is 2.84.